The van der Waals surface area contributed by atoms with Crippen LogP contribution in [-0.2, 0) is 11.2 Å². The van der Waals surface area contributed by atoms with Crippen molar-refractivity contribution in [2.45, 2.75) is 12.5 Å². The van der Waals surface area contributed by atoms with E-state index in [2.05, 4.69) is 22.0 Å². The van der Waals surface area contributed by atoms with Gasteiger partial charge in [0.15, 0.2) is 5.41 Å². The average molecular weight is 240 g/mol. The lowest BCUT2D eigenvalue weighted by Crippen LogP contribution is -2.57. The molecule has 0 N–H and O–H groups in total. The van der Waals surface area contributed by atoms with Crippen molar-refractivity contribution >= 4 is 5.69 Å². The third-order valence-corrected chi connectivity index (χ3v) is 3.75. The van der Waals surface area contributed by atoms with Crippen LogP contribution in [0, 0.1) is 28.1 Å². The Kier molecular flexibility index (Phi) is 2.43. The number of aromatic nitrogens is 1. The molecule has 1 unspecified atom stereocenters. The fraction of sp³-hybridized carbons (Fsp3) is 0.462. The first-order chi connectivity index (χ1) is 8.80. The van der Waals surface area contributed by atoms with E-state index in [0.29, 0.717) is 26.2 Å². The fourth-order valence-corrected chi connectivity index (χ4v) is 2.81. The van der Waals surface area contributed by atoms with E-state index in [1.165, 1.54) is 0 Å². The summed E-state index contributed by atoms with van der Waals surface area (Å²) in [6.07, 6.45) is 3.93. The lowest BCUT2D eigenvalue weighted by molar-refractivity contribution is 0.0682. The van der Waals surface area contributed by atoms with Crippen molar-refractivity contribution in [1.29, 1.82) is 10.5 Å². The van der Waals surface area contributed by atoms with Gasteiger partial charge in [0.05, 0.1) is 31.4 Å². The highest BCUT2D eigenvalue weighted by molar-refractivity contribution is 5.59. The zero-order valence-corrected chi connectivity index (χ0v) is 9.83. The molecule has 0 aliphatic carbocycles. The molecule has 1 fully saturated rings. The largest absolute Gasteiger partial charge is 0.377 e. The molecule has 90 valence electrons. The first kappa shape index (κ1) is 11.0. The Hall–Kier alpha value is -2.11. The molecule has 0 amide bonds. The molecule has 0 aromatic carbocycles. The van der Waals surface area contributed by atoms with Crippen LogP contribution >= 0.6 is 0 Å². The molecule has 5 heteroatoms. The van der Waals surface area contributed by atoms with Crippen molar-refractivity contribution in [3.8, 4) is 12.1 Å². The number of nitrogens with zero attached hydrogens (tertiary/aromatic N) is 4. The maximum atomic E-state index is 9.43. The van der Waals surface area contributed by atoms with Crippen molar-refractivity contribution < 1.29 is 4.74 Å². The van der Waals surface area contributed by atoms with E-state index in [4.69, 9.17) is 4.74 Å². The highest BCUT2D eigenvalue weighted by Gasteiger charge is 2.49. The van der Waals surface area contributed by atoms with E-state index in [9.17, 15) is 10.5 Å². The maximum absolute atomic E-state index is 9.43. The molecule has 0 bridgehead atoms. The number of anilines is 1. The quantitative estimate of drug-likeness (QED) is 0.673. The molecule has 0 spiro atoms. The third kappa shape index (κ3) is 1.38. The number of morpholine rings is 1. The lowest BCUT2D eigenvalue weighted by Gasteiger charge is -2.47. The summed E-state index contributed by atoms with van der Waals surface area (Å²) in [5.74, 6) is 0. The monoisotopic (exact) mass is 240 g/mol. The first-order valence-corrected chi connectivity index (χ1v) is 5.90. The van der Waals surface area contributed by atoms with Crippen molar-refractivity contribution in [2.24, 2.45) is 5.41 Å². The van der Waals surface area contributed by atoms with Crippen LogP contribution in [0.5, 0.6) is 0 Å². The highest BCUT2D eigenvalue weighted by Crippen LogP contribution is 2.41. The highest BCUT2D eigenvalue weighted by atomic mass is 16.5. The molecule has 3 rings (SSSR count). The Balaban J connectivity index is 2.15. The minimum Gasteiger partial charge on any atom is -0.377 e. The summed E-state index contributed by atoms with van der Waals surface area (Å²) >= 11 is 0. The summed E-state index contributed by atoms with van der Waals surface area (Å²) in [7, 11) is 0. The predicted octanol–water partition coefficient (Wildman–Crippen LogP) is 0.876. The zero-order valence-electron chi connectivity index (χ0n) is 9.83. The molecular formula is C13H12N4O. The fourth-order valence-electron chi connectivity index (χ4n) is 2.81. The zero-order chi connectivity index (χ0) is 12.6. The van der Waals surface area contributed by atoms with Crippen LogP contribution in [0.4, 0.5) is 5.69 Å². The summed E-state index contributed by atoms with van der Waals surface area (Å²) in [4.78, 5) is 6.21. The van der Waals surface area contributed by atoms with Crippen LogP contribution in [0.25, 0.3) is 0 Å². The minimum atomic E-state index is -1.03. The summed E-state index contributed by atoms with van der Waals surface area (Å²) in [5.41, 5.74) is 1.02. The van der Waals surface area contributed by atoms with E-state index in [-0.39, 0.29) is 6.04 Å². The van der Waals surface area contributed by atoms with Crippen LogP contribution in [0.2, 0.25) is 0 Å². The van der Waals surface area contributed by atoms with Gasteiger partial charge in [0, 0.05) is 31.0 Å². The Bertz CT molecular complexity index is 543. The summed E-state index contributed by atoms with van der Waals surface area (Å²) in [6, 6.07) is 6.16. The van der Waals surface area contributed by atoms with Gasteiger partial charge < -0.3 is 9.64 Å². The van der Waals surface area contributed by atoms with Gasteiger partial charge in [-0.25, -0.2) is 0 Å². The Morgan fingerprint density at radius 2 is 2.28 bits per heavy atom. The second-order valence-corrected chi connectivity index (χ2v) is 4.66. The second kappa shape index (κ2) is 3.97. The van der Waals surface area contributed by atoms with Crippen LogP contribution in [-0.4, -0.2) is 30.8 Å². The molecule has 1 saturated heterocycles. The van der Waals surface area contributed by atoms with Crippen LogP contribution < -0.4 is 4.90 Å². The standard InChI is InChI=1S/C13H12N4O/c14-8-13(9-15)5-10-6-16-2-1-11(10)17-3-4-18-7-12(13)17/h1-2,6,12H,3-5,7H2. The molecule has 0 radical (unpaired) electrons. The van der Waals surface area contributed by atoms with Gasteiger partial charge in [-0.1, -0.05) is 0 Å². The van der Waals surface area contributed by atoms with E-state index in [1.54, 1.807) is 12.4 Å². The van der Waals surface area contributed by atoms with E-state index in [1.807, 2.05) is 6.07 Å². The van der Waals surface area contributed by atoms with Gasteiger partial charge in [-0.05, 0) is 11.6 Å². The molecule has 3 heterocycles. The van der Waals surface area contributed by atoms with E-state index in [0.717, 1.165) is 11.3 Å². The number of fused-ring (bicyclic) bond motifs is 3. The van der Waals surface area contributed by atoms with Crippen molar-refractivity contribution in [1.82, 2.24) is 4.98 Å². The first-order valence-electron chi connectivity index (χ1n) is 5.90. The Morgan fingerprint density at radius 1 is 1.44 bits per heavy atom. The lowest BCUT2D eigenvalue weighted by atomic mass is 9.73. The molecule has 18 heavy (non-hydrogen) atoms. The van der Waals surface area contributed by atoms with Crippen LogP contribution in [0.1, 0.15) is 5.56 Å². The topological polar surface area (TPSA) is 72.9 Å². The normalized spacial score (nSPS) is 24.3. The van der Waals surface area contributed by atoms with Gasteiger partial charge in [0.2, 0.25) is 0 Å². The maximum Gasteiger partial charge on any atom is 0.170 e. The molecule has 5 nitrogen and oxygen atoms in total. The van der Waals surface area contributed by atoms with Gasteiger partial charge in [0.25, 0.3) is 0 Å². The number of hydrogen-bond acceptors (Lipinski definition) is 5. The van der Waals surface area contributed by atoms with E-state index >= 15 is 0 Å². The predicted molar refractivity (Wildman–Crippen MR) is 63.6 cm³/mol. The second-order valence-electron chi connectivity index (χ2n) is 4.66. The number of pyridine rings is 1. The number of nitriles is 2. The Morgan fingerprint density at radius 3 is 3.06 bits per heavy atom. The van der Waals surface area contributed by atoms with Crippen LogP contribution in [0.3, 0.4) is 0 Å². The molecule has 1 aromatic rings. The Labute approximate surface area is 105 Å². The van der Waals surface area contributed by atoms with Gasteiger partial charge >= 0.3 is 0 Å². The van der Waals surface area contributed by atoms with Crippen LogP contribution in [0.15, 0.2) is 18.5 Å². The molecule has 2 aliphatic heterocycles. The summed E-state index contributed by atoms with van der Waals surface area (Å²) < 4.78 is 5.45. The molecule has 1 aromatic heterocycles. The molecule has 0 saturated carbocycles. The number of hydrogen-bond donors (Lipinski definition) is 0. The third-order valence-electron chi connectivity index (χ3n) is 3.75. The minimum absolute atomic E-state index is 0.184. The summed E-state index contributed by atoms with van der Waals surface area (Å²) in [5, 5.41) is 18.9. The molecular weight excluding hydrogens is 228 g/mol. The molecule has 2 aliphatic rings. The van der Waals surface area contributed by atoms with Crippen molar-refractivity contribution in [2.75, 3.05) is 24.7 Å². The van der Waals surface area contributed by atoms with Crippen molar-refractivity contribution in [3.63, 3.8) is 0 Å². The van der Waals surface area contributed by atoms with Gasteiger partial charge in [0.1, 0.15) is 0 Å². The smallest absolute Gasteiger partial charge is 0.170 e. The van der Waals surface area contributed by atoms with Gasteiger partial charge in [-0.3, -0.25) is 4.98 Å². The average Bonchev–Trinajstić information content (AvgIpc) is 2.46. The molecule has 1 atom stereocenters. The van der Waals surface area contributed by atoms with Gasteiger partial charge in [-0.15, -0.1) is 0 Å². The van der Waals surface area contributed by atoms with E-state index < -0.39 is 5.41 Å². The number of rotatable bonds is 0. The number of ether oxygens (including phenoxy) is 1. The van der Waals surface area contributed by atoms with Gasteiger partial charge in [-0.2, -0.15) is 10.5 Å². The summed E-state index contributed by atoms with van der Waals surface area (Å²) in [6.45, 7) is 1.78. The SMILES string of the molecule is N#CC1(C#N)Cc2cnccc2N2CCOCC21. The van der Waals surface area contributed by atoms with Crippen molar-refractivity contribution in [3.05, 3.63) is 24.0 Å².